The van der Waals surface area contributed by atoms with E-state index in [1.807, 2.05) is 46.8 Å². The summed E-state index contributed by atoms with van der Waals surface area (Å²) in [5.74, 6) is 0.206. The molecule has 37 heavy (non-hydrogen) atoms. The van der Waals surface area contributed by atoms with E-state index < -0.39 is 0 Å². The lowest BCUT2D eigenvalue weighted by molar-refractivity contribution is 0.102. The molecule has 0 atom stereocenters. The van der Waals surface area contributed by atoms with Crippen LogP contribution in [-0.4, -0.2) is 39.3 Å². The number of aryl methyl sites for hydroxylation is 1. The number of benzene rings is 2. The van der Waals surface area contributed by atoms with E-state index in [1.54, 1.807) is 42.5 Å². The summed E-state index contributed by atoms with van der Waals surface area (Å²) in [4.78, 5) is 32.1. The van der Waals surface area contributed by atoms with Crippen LogP contribution in [0.3, 0.4) is 0 Å². The van der Waals surface area contributed by atoms with Crippen molar-refractivity contribution in [1.29, 1.82) is 0 Å². The van der Waals surface area contributed by atoms with E-state index >= 15 is 0 Å². The monoisotopic (exact) mass is 497 g/mol. The molecule has 5 rings (SSSR count). The highest BCUT2D eigenvalue weighted by Crippen LogP contribution is 2.22. The average Bonchev–Trinajstić information content (AvgIpc) is 3.14. The van der Waals surface area contributed by atoms with Crippen LogP contribution < -0.4 is 15.4 Å². The van der Waals surface area contributed by atoms with Crippen molar-refractivity contribution < 1.29 is 14.3 Å². The molecule has 8 heteroatoms. The van der Waals surface area contributed by atoms with Gasteiger partial charge in [-0.25, -0.2) is 9.78 Å². The number of urea groups is 1. The number of likely N-dealkylation sites (tertiary alicyclic amines) is 1. The zero-order valence-electron chi connectivity index (χ0n) is 20.9. The molecule has 2 aromatic carbocycles. The molecule has 0 bridgehead atoms. The molecule has 4 aromatic rings. The summed E-state index contributed by atoms with van der Waals surface area (Å²) >= 11 is 0. The van der Waals surface area contributed by atoms with E-state index in [-0.39, 0.29) is 18.5 Å². The Bertz CT molecular complexity index is 1390. The second-order valence-electron chi connectivity index (χ2n) is 9.30. The minimum Gasteiger partial charge on any atom is -0.486 e. The van der Waals surface area contributed by atoms with Crippen molar-refractivity contribution in [2.45, 2.75) is 39.2 Å². The number of ether oxygens (including phenoxy) is 1. The topological polar surface area (TPSA) is 88.0 Å². The van der Waals surface area contributed by atoms with Gasteiger partial charge in [-0.3, -0.25) is 4.79 Å². The smallest absolute Gasteiger partial charge is 0.321 e. The number of imidazole rings is 1. The molecule has 3 heterocycles. The van der Waals surface area contributed by atoms with Crippen LogP contribution in [0.15, 0.2) is 73.1 Å². The lowest BCUT2D eigenvalue weighted by atomic mass is 10.1. The van der Waals surface area contributed by atoms with Crippen LogP contribution in [0.25, 0.3) is 5.65 Å². The Kier molecular flexibility index (Phi) is 7.35. The zero-order chi connectivity index (χ0) is 25.6. The molecule has 0 unspecified atom stereocenters. The number of nitrogens with zero attached hydrogens (tertiary/aromatic N) is 3. The fourth-order valence-electron chi connectivity index (χ4n) is 4.52. The number of fused-ring (bicyclic) bond motifs is 1. The molecular formula is C29H31N5O3. The third-order valence-electron chi connectivity index (χ3n) is 6.52. The fraction of sp³-hybridized carbons (Fsp3) is 0.276. The molecule has 0 saturated carbocycles. The van der Waals surface area contributed by atoms with E-state index in [9.17, 15) is 9.59 Å². The summed E-state index contributed by atoms with van der Waals surface area (Å²) in [6, 6.07) is 18.2. The van der Waals surface area contributed by atoms with Crippen molar-refractivity contribution in [2.75, 3.05) is 23.7 Å². The predicted octanol–water partition coefficient (Wildman–Crippen LogP) is 5.88. The number of rotatable bonds is 6. The molecule has 1 aliphatic rings. The maximum absolute atomic E-state index is 13.0. The molecule has 2 aromatic heterocycles. The summed E-state index contributed by atoms with van der Waals surface area (Å²) < 4.78 is 7.96. The number of hydrogen-bond acceptors (Lipinski definition) is 4. The van der Waals surface area contributed by atoms with E-state index in [0.29, 0.717) is 22.7 Å². The summed E-state index contributed by atoms with van der Waals surface area (Å²) in [5.41, 5.74) is 4.50. The van der Waals surface area contributed by atoms with Gasteiger partial charge in [-0.1, -0.05) is 31.0 Å². The van der Waals surface area contributed by atoms with Crippen molar-refractivity contribution in [2.24, 2.45) is 0 Å². The van der Waals surface area contributed by atoms with Crippen LogP contribution in [0.2, 0.25) is 0 Å². The molecule has 8 nitrogen and oxygen atoms in total. The van der Waals surface area contributed by atoms with Gasteiger partial charge >= 0.3 is 6.03 Å². The molecule has 1 aliphatic heterocycles. The molecule has 0 spiro atoms. The maximum atomic E-state index is 13.0. The number of carbonyl (C=O) groups is 2. The average molecular weight is 498 g/mol. The van der Waals surface area contributed by atoms with E-state index in [4.69, 9.17) is 4.74 Å². The van der Waals surface area contributed by atoms with Crippen LogP contribution in [0.1, 0.15) is 47.3 Å². The summed E-state index contributed by atoms with van der Waals surface area (Å²) in [5, 5.41) is 5.87. The molecule has 3 amide bonds. The van der Waals surface area contributed by atoms with E-state index in [2.05, 4.69) is 15.6 Å². The minimum absolute atomic E-state index is 0.0782. The highest BCUT2D eigenvalue weighted by Gasteiger charge is 2.16. The van der Waals surface area contributed by atoms with Gasteiger partial charge in [0.2, 0.25) is 0 Å². The Morgan fingerprint density at radius 3 is 2.32 bits per heavy atom. The molecular weight excluding hydrogens is 466 g/mol. The Labute approximate surface area is 216 Å². The van der Waals surface area contributed by atoms with Crippen molar-refractivity contribution in [3.63, 3.8) is 0 Å². The number of pyridine rings is 1. The minimum atomic E-state index is -0.275. The van der Waals surface area contributed by atoms with Gasteiger partial charge in [0.05, 0.1) is 11.3 Å². The molecule has 1 fully saturated rings. The summed E-state index contributed by atoms with van der Waals surface area (Å²) in [6.45, 7) is 3.84. The first kappa shape index (κ1) is 24.4. The first-order chi connectivity index (χ1) is 18.1. The van der Waals surface area contributed by atoms with E-state index in [0.717, 1.165) is 42.8 Å². The number of anilines is 2. The lowest BCUT2D eigenvalue weighted by Crippen LogP contribution is -2.35. The van der Waals surface area contributed by atoms with Crippen LogP contribution in [0.5, 0.6) is 5.75 Å². The van der Waals surface area contributed by atoms with Gasteiger partial charge in [-0.2, -0.15) is 0 Å². The van der Waals surface area contributed by atoms with Gasteiger partial charge in [0, 0.05) is 36.9 Å². The third-order valence-corrected chi connectivity index (χ3v) is 6.52. The van der Waals surface area contributed by atoms with Gasteiger partial charge in [-0.15, -0.1) is 0 Å². The number of para-hydroxylation sites is 1. The normalized spacial score (nSPS) is 13.7. The maximum Gasteiger partial charge on any atom is 0.321 e. The van der Waals surface area contributed by atoms with Crippen LogP contribution in [-0.2, 0) is 6.61 Å². The Morgan fingerprint density at radius 1 is 0.892 bits per heavy atom. The molecule has 0 aliphatic carbocycles. The van der Waals surface area contributed by atoms with Crippen LogP contribution in [0.4, 0.5) is 16.2 Å². The van der Waals surface area contributed by atoms with Crippen LogP contribution in [0, 0.1) is 6.92 Å². The molecule has 2 N–H and O–H groups in total. The van der Waals surface area contributed by atoms with Crippen LogP contribution >= 0.6 is 0 Å². The lowest BCUT2D eigenvalue weighted by Gasteiger charge is -2.20. The largest absolute Gasteiger partial charge is 0.486 e. The first-order valence-corrected chi connectivity index (χ1v) is 12.7. The first-order valence-electron chi connectivity index (χ1n) is 12.7. The Hall–Kier alpha value is -4.33. The predicted molar refractivity (Wildman–Crippen MR) is 144 cm³/mol. The van der Waals surface area contributed by atoms with Gasteiger partial charge in [-0.05, 0) is 67.8 Å². The van der Waals surface area contributed by atoms with Gasteiger partial charge in [0.1, 0.15) is 18.0 Å². The number of amides is 3. The van der Waals surface area contributed by atoms with Crippen molar-refractivity contribution in [3.05, 3.63) is 89.9 Å². The van der Waals surface area contributed by atoms with Gasteiger partial charge < -0.3 is 24.7 Å². The van der Waals surface area contributed by atoms with E-state index in [1.165, 1.54) is 12.8 Å². The highest BCUT2D eigenvalue weighted by atomic mass is 16.5. The Morgan fingerprint density at radius 2 is 1.59 bits per heavy atom. The van der Waals surface area contributed by atoms with Crippen molar-refractivity contribution >= 4 is 29.0 Å². The quantitative estimate of drug-likeness (QED) is 0.348. The highest BCUT2D eigenvalue weighted by molar-refractivity contribution is 6.06. The zero-order valence-corrected chi connectivity index (χ0v) is 20.9. The Balaban J connectivity index is 1.20. The second-order valence-corrected chi connectivity index (χ2v) is 9.30. The van der Waals surface area contributed by atoms with Crippen molar-refractivity contribution in [3.8, 4) is 5.75 Å². The number of carbonyl (C=O) groups excluding carboxylic acids is 2. The standard InChI is InChI=1S/C29H31N5O3/c1-21-9-8-18-34-19-24(30-27(21)34)20-37-26-11-5-4-10-25(26)28(35)31-22-12-14-23(15-13-22)32-29(36)33-16-6-2-3-7-17-33/h4-5,8-15,18-19H,2-3,6-7,16-17,20H2,1H3,(H,31,35)(H,32,36). The molecule has 0 radical (unpaired) electrons. The van der Waals surface area contributed by atoms with Gasteiger partial charge in [0.25, 0.3) is 5.91 Å². The summed E-state index contributed by atoms with van der Waals surface area (Å²) in [6.07, 6.45) is 8.31. The van der Waals surface area contributed by atoms with Crippen molar-refractivity contribution in [1.82, 2.24) is 14.3 Å². The summed E-state index contributed by atoms with van der Waals surface area (Å²) in [7, 11) is 0. The fourth-order valence-corrected chi connectivity index (χ4v) is 4.52. The number of hydrogen-bond donors (Lipinski definition) is 2. The third kappa shape index (κ3) is 5.91. The van der Waals surface area contributed by atoms with Gasteiger partial charge in [0.15, 0.2) is 0 Å². The second kappa shape index (κ2) is 11.2. The molecule has 190 valence electrons. The molecule has 1 saturated heterocycles. The number of nitrogens with one attached hydrogen (secondary N) is 2. The SMILES string of the molecule is Cc1cccn2cc(COc3ccccc3C(=O)Nc3ccc(NC(=O)N4CCCCCC4)cc3)nc12. The number of aromatic nitrogens is 2.